The van der Waals surface area contributed by atoms with Gasteiger partial charge in [0.25, 0.3) is 12.3 Å². The average Bonchev–Trinajstić information content (AvgIpc) is 3.15. The van der Waals surface area contributed by atoms with E-state index in [0.717, 1.165) is 13.0 Å². The molecule has 3 rings (SSSR count). The van der Waals surface area contributed by atoms with E-state index >= 15 is 0 Å². The van der Waals surface area contributed by atoms with Gasteiger partial charge in [0.1, 0.15) is 0 Å². The largest absolute Gasteiger partial charge is 0.333 e. The van der Waals surface area contributed by atoms with E-state index in [1.165, 1.54) is 24.3 Å². The minimum atomic E-state index is -3.99. The number of hydrogen-bond donors (Lipinski definition) is 2. The normalized spacial score (nSPS) is 23.7. The van der Waals surface area contributed by atoms with Crippen LogP contribution in [0.25, 0.3) is 0 Å². The molecule has 2 saturated heterocycles. The van der Waals surface area contributed by atoms with E-state index in [1.807, 2.05) is 4.72 Å². The molecule has 1 aromatic carbocycles. The molecule has 0 aromatic heterocycles. The van der Waals surface area contributed by atoms with Crippen LogP contribution in [-0.2, 0) is 10.0 Å². The maximum atomic E-state index is 12.4. The molecule has 2 atom stereocenters. The average molecular weight is 345 g/mol. The number of fused-ring (bicyclic) bond motifs is 2. The first-order chi connectivity index (χ1) is 10.9. The van der Waals surface area contributed by atoms with Crippen molar-refractivity contribution in [3.63, 3.8) is 0 Å². The van der Waals surface area contributed by atoms with Crippen molar-refractivity contribution in [3.8, 4) is 0 Å². The number of alkyl halides is 2. The number of carbonyl (C=O) groups excluding carboxylic acids is 1. The van der Waals surface area contributed by atoms with Crippen LogP contribution in [0.15, 0.2) is 29.2 Å². The Labute approximate surface area is 132 Å². The molecule has 0 spiro atoms. The Hall–Kier alpha value is -1.58. The van der Waals surface area contributed by atoms with Gasteiger partial charge in [0.2, 0.25) is 10.0 Å². The molecule has 0 saturated carbocycles. The minimum absolute atomic E-state index is 0.136. The zero-order chi connectivity index (χ0) is 16.6. The summed E-state index contributed by atoms with van der Waals surface area (Å²) in [6, 6.07) is 5.87. The summed E-state index contributed by atoms with van der Waals surface area (Å²) in [4.78, 5) is 14.1. The van der Waals surface area contributed by atoms with Gasteiger partial charge in [-0.25, -0.2) is 21.9 Å². The van der Waals surface area contributed by atoms with E-state index < -0.39 is 23.0 Å². The quantitative estimate of drug-likeness (QED) is 0.811. The van der Waals surface area contributed by atoms with Crippen molar-refractivity contribution in [3.05, 3.63) is 29.8 Å². The first-order valence-corrected chi connectivity index (χ1v) is 8.77. The fourth-order valence-electron chi connectivity index (χ4n) is 3.01. The molecule has 1 amide bonds. The van der Waals surface area contributed by atoms with E-state index in [2.05, 4.69) is 5.32 Å². The number of benzene rings is 1. The van der Waals surface area contributed by atoms with E-state index in [0.29, 0.717) is 18.2 Å². The molecule has 1 aromatic rings. The molecule has 0 unspecified atom stereocenters. The monoisotopic (exact) mass is 345 g/mol. The lowest BCUT2D eigenvalue weighted by molar-refractivity contribution is 0.0716. The molecule has 2 heterocycles. The van der Waals surface area contributed by atoms with Gasteiger partial charge in [-0.1, -0.05) is 0 Å². The van der Waals surface area contributed by atoms with Crippen molar-refractivity contribution < 1.29 is 22.0 Å². The van der Waals surface area contributed by atoms with Gasteiger partial charge in [-0.2, -0.15) is 0 Å². The number of nitrogens with zero attached hydrogens (tertiary/aromatic N) is 1. The highest BCUT2D eigenvalue weighted by Gasteiger charge is 2.40. The first kappa shape index (κ1) is 16.3. The van der Waals surface area contributed by atoms with Crippen LogP contribution in [0.1, 0.15) is 16.8 Å². The molecule has 6 nitrogen and oxygen atoms in total. The second kappa shape index (κ2) is 6.14. The van der Waals surface area contributed by atoms with Crippen molar-refractivity contribution in [1.29, 1.82) is 0 Å². The molecule has 2 bridgehead atoms. The number of halogens is 2. The van der Waals surface area contributed by atoms with Crippen LogP contribution in [-0.4, -0.2) is 57.4 Å². The highest BCUT2D eigenvalue weighted by molar-refractivity contribution is 7.89. The zero-order valence-electron chi connectivity index (χ0n) is 12.2. The number of sulfonamides is 1. The summed E-state index contributed by atoms with van der Waals surface area (Å²) in [6.45, 7) is 0.493. The maximum Gasteiger partial charge on any atom is 0.254 e. The highest BCUT2D eigenvalue weighted by atomic mass is 32.2. The van der Waals surface area contributed by atoms with Crippen LogP contribution in [0.2, 0.25) is 0 Å². The molecular weight excluding hydrogens is 328 g/mol. The predicted octanol–water partition coefficient (Wildman–Crippen LogP) is 0.416. The minimum Gasteiger partial charge on any atom is -0.333 e. The molecule has 2 aliphatic heterocycles. The number of carbonyl (C=O) groups is 1. The Balaban J connectivity index is 1.71. The summed E-state index contributed by atoms with van der Waals surface area (Å²) in [5.41, 5.74) is 0.394. The van der Waals surface area contributed by atoms with Crippen molar-refractivity contribution in [1.82, 2.24) is 14.9 Å². The van der Waals surface area contributed by atoms with Crippen molar-refractivity contribution in [2.75, 3.05) is 19.6 Å². The summed E-state index contributed by atoms with van der Waals surface area (Å²) in [6.07, 6.45) is -1.82. The smallest absolute Gasteiger partial charge is 0.254 e. The summed E-state index contributed by atoms with van der Waals surface area (Å²) < 4.78 is 49.7. The number of likely N-dealkylation sites (tertiary alicyclic amines) is 1. The van der Waals surface area contributed by atoms with E-state index in [4.69, 9.17) is 0 Å². The molecule has 126 valence electrons. The first-order valence-electron chi connectivity index (χ1n) is 7.29. The molecule has 23 heavy (non-hydrogen) atoms. The molecule has 2 fully saturated rings. The zero-order valence-corrected chi connectivity index (χ0v) is 13.0. The van der Waals surface area contributed by atoms with Crippen LogP contribution < -0.4 is 10.0 Å². The third-order valence-corrected chi connectivity index (χ3v) is 5.60. The summed E-state index contributed by atoms with van der Waals surface area (Å²) in [5.74, 6) is -0.136. The van der Waals surface area contributed by atoms with Crippen molar-refractivity contribution >= 4 is 15.9 Å². The fraction of sp³-hybridized carbons (Fsp3) is 0.500. The second-order valence-corrected chi connectivity index (χ2v) is 7.49. The van der Waals surface area contributed by atoms with Gasteiger partial charge in [0.05, 0.1) is 11.4 Å². The standard InChI is InChI=1S/C14H17F2N3O3S/c15-13(16)7-18-23(21,22)12-3-1-9(2-4-12)14(20)19-8-10-5-11(19)6-17-10/h1-4,10-11,13,17-18H,5-8H2/t10-,11-/m0/s1. The molecular formula is C14H17F2N3O3S. The molecule has 0 aliphatic carbocycles. The number of amides is 1. The Morgan fingerprint density at radius 2 is 2.04 bits per heavy atom. The lowest BCUT2D eigenvalue weighted by Gasteiger charge is -2.27. The third-order valence-electron chi connectivity index (χ3n) is 4.16. The van der Waals surface area contributed by atoms with Gasteiger partial charge >= 0.3 is 0 Å². The third kappa shape index (κ3) is 3.36. The summed E-state index contributed by atoms with van der Waals surface area (Å²) in [7, 11) is -3.99. The SMILES string of the molecule is O=C(c1ccc(S(=O)(=O)NCC(F)F)cc1)N1C[C@@H]2C[C@H]1CN2. The van der Waals surface area contributed by atoms with Gasteiger partial charge in [-0.3, -0.25) is 4.79 Å². The number of rotatable bonds is 5. The van der Waals surface area contributed by atoms with Crippen LogP contribution >= 0.6 is 0 Å². The Bertz CT molecular complexity index is 694. The number of nitrogens with one attached hydrogen (secondary N) is 2. The highest BCUT2D eigenvalue weighted by Crippen LogP contribution is 2.25. The Kier molecular flexibility index (Phi) is 4.35. The van der Waals surface area contributed by atoms with Gasteiger partial charge in [0, 0.05) is 30.7 Å². The molecule has 0 radical (unpaired) electrons. The maximum absolute atomic E-state index is 12.4. The Morgan fingerprint density at radius 1 is 1.35 bits per heavy atom. The van der Waals surface area contributed by atoms with Crippen LogP contribution in [0, 0.1) is 0 Å². The molecule has 9 heteroatoms. The van der Waals surface area contributed by atoms with Crippen LogP contribution in [0.5, 0.6) is 0 Å². The summed E-state index contributed by atoms with van der Waals surface area (Å²) >= 11 is 0. The van der Waals surface area contributed by atoms with Gasteiger partial charge in [0.15, 0.2) is 0 Å². The second-order valence-electron chi connectivity index (χ2n) is 5.72. The fourth-order valence-corrected chi connectivity index (χ4v) is 4.01. The van der Waals surface area contributed by atoms with Crippen molar-refractivity contribution in [2.24, 2.45) is 0 Å². The van der Waals surface area contributed by atoms with Crippen LogP contribution in [0.3, 0.4) is 0 Å². The van der Waals surface area contributed by atoms with Crippen molar-refractivity contribution in [2.45, 2.75) is 29.8 Å². The number of hydrogen-bond acceptors (Lipinski definition) is 4. The molecule has 2 aliphatic rings. The van der Waals surface area contributed by atoms with E-state index in [1.54, 1.807) is 4.90 Å². The lowest BCUT2D eigenvalue weighted by atomic mass is 10.2. The number of piperazine rings is 1. The van der Waals surface area contributed by atoms with Gasteiger partial charge in [-0.05, 0) is 30.7 Å². The van der Waals surface area contributed by atoms with E-state index in [9.17, 15) is 22.0 Å². The Morgan fingerprint density at radius 3 is 2.57 bits per heavy atom. The van der Waals surface area contributed by atoms with Crippen LogP contribution in [0.4, 0.5) is 8.78 Å². The summed E-state index contributed by atoms with van der Waals surface area (Å²) in [5, 5.41) is 3.30. The van der Waals surface area contributed by atoms with Gasteiger partial charge in [-0.15, -0.1) is 0 Å². The van der Waals surface area contributed by atoms with Gasteiger partial charge < -0.3 is 10.2 Å². The lowest BCUT2D eigenvalue weighted by Crippen LogP contribution is -2.46. The van der Waals surface area contributed by atoms with E-state index in [-0.39, 0.29) is 16.8 Å². The topological polar surface area (TPSA) is 78.5 Å². The predicted molar refractivity (Wildman–Crippen MR) is 78.9 cm³/mol. The molecule has 2 N–H and O–H groups in total.